The van der Waals surface area contributed by atoms with Crippen molar-refractivity contribution in [1.82, 2.24) is 0 Å². The van der Waals surface area contributed by atoms with E-state index < -0.39 is 5.41 Å². The van der Waals surface area contributed by atoms with Crippen LogP contribution in [0.5, 0.6) is 0 Å². The van der Waals surface area contributed by atoms with Gasteiger partial charge >= 0.3 is 0 Å². The van der Waals surface area contributed by atoms with Crippen LogP contribution in [-0.2, 0) is 15.0 Å². The van der Waals surface area contributed by atoms with E-state index in [1.54, 1.807) is 24.3 Å². The van der Waals surface area contributed by atoms with Crippen molar-refractivity contribution in [2.75, 3.05) is 10.6 Å². The van der Waals surface area contributed by atoms with Gasteiger partial charge in [0.1, 0.15) is 0 Å². The molecule has 2 N–H and O–H groups in total. The van der Waals surface area contributed by atoms with Gasteiger partial charge in [-0.3, -0.25) is 14.4 Å². The Morgan fingerprint density at radius 3 is 2.42 bits per heavy atom. The smallest absolute Gasteiger partial charge is 0.234 e. The predicted molar refractivity (Wildman–Crippen MR) is 101 cm³/mol. The average molecular weight is 350 g/mol. The van der Waals surface area contributed by atoms with Gasteiger partial charge in [0.25, 0.3) is 0 Å². The Morgan fingerprint density at radius 1 is 1.04 bits per heavy atom. The summed E-state index contributed by atoms with van der Waals surface area (Å²) in [5.41, 5.74) is 3.33. The molecular weight excluding hydrogens is 328 g/mol. The quantitative estimate of drug-likeness (QED) is 0.805. The van der Waals surface area contributed by atoms with Gasteiger partial charge in [-0.1, -0.05) is 29.8 Å². The lowest BCUT2D eigenvalue weighted by Gasteiger charge is -2.16. The number of Topliss-reactive ketones (excluding diaryl/α,β-unsaturated/α-hetero) is 1. The number of hydrogen-bond acceptors (Lipinski definition) is 3. The van der Waals surface area contributed by atoms with E-state index in [9.17, 15) is 14.4 Å². The van der Waals surface area contributed by atoms with E-state index in [1.807, 2.05) is 39.0 Å². The number of carbonyl (C=O) groups excluding carboxylic acids is 3. The third-order valence-corrected chi connectivity index (χ3v) is 4.75. The van der Waals surface area contributed by atoms with Crippen molar-refractivity contribution in [3.63, 3.8) is 0 Å². The van der Waals surface area contributed by atoms with Crippen molar-refractivity contribution in [2.24, 2.45) is 0 Å². The molecule has 2 aromatic rings. The molecule has 2 aromatic carbocycles. The maximum Gasteiger partial charge on any atom is 0.234 e. The number of anilines is 2. The molecule has 5 nitrogen and oxygen atoms in total. The summed E-state index contributed by atoms with van der Waals surface area (Å²) in [5.74, 6) is -0.329. The van der Waals surface area contributed by atoms with Crippen LogP contribution in [0.3, 0.4) is 0 Å². The highest BCUT2D eigenvalue weighted by Crippen LogP contribution is 2.38. The highest BCUT2D eigenvalue weighted by atomic mass is 16.2. The van der Waals surface area contributed by atoms with Crippen LogP contribution in [0.1, 0.15) is 48.2 Å². The van der Waals surface area contributed by atoms with Crippen LogP contribution in [0.4, 0.5) is 11.4 Å². The zero-order valence-electron chi connectivity index (χ0n) is 15.2. The normalized spacial score (nSPS) is 14.5. The molecule has 0 aromatic heterocycles. The Hall–Kier alpha value is -2.95. The summed E-state index contributed by atoms with van der Waals surface area (Å²) in [5, 5.41) is 5.64. The number of amides is 2. The minimum absolute atomic E-state index is 0.0509. The lowest BCUT2D eigenvalue weighted by Crippen LogP contribution is -2.26. The molecule has 1 heterocycles. The number of hydrogen-bond donors (Lipinski definition) is 2. The summed E-state index contributed by atoms with van der Waals surface area (Å²) in [7, 11) is 0. The minimum atomic E-state index is -0.628. The number of rotatable bonds is 5. The summed E-state index contributed by atoms with van der Waals surface area (Å²) in [6.45, 7) is 5.66. The Kier molecular flexibility index (Phi) is 4.64. The molecule has 1 aliphatic heterocycles. The van der Waals surface area contributed by atoms with Gasteiger partial charge in [0.2, 0.25) is 11.8 Å². The lowest BCUT2D eigenvalue weighted by molar-refractivity contribution is -0.119. The molecule has 134 valence electrons. The Bertz CT molecular complexity index is 883. The van der Waals surface area contributed by atoms with E-state index in [1.165, 1.54) is 0 Å². The molecule has 0 aliphatic carbocycles. The summed E-state index contributed by atoms with van der Waals surface area (Å²) in [4.78, 5) is 36.3. The number of aryl methyl sites for hydroxylation is 1. The zero-order valence-corrected chi connectivity index (χ0v) is 15.2. The molecule has 3 rings (SSSR count). The summed E-state index contributed by atoms with van der Waals surface area (Å²) >= 11 is 0. The molecule has 0 spiro atoms. The van der Waals surface area contributed by atoms with Crippen LogP contribution < -0.4 is 10.6 Å². The fraction of sp³-hybridized carbons (Fsp3) is 0.286. The Balaban J connectivity index is 1.61. The van der Waals surface area contributed by atoms with Gasteiger partial charge < -0.3 is 10.6 Å². The number of benzene rings is 2. The van der Waals surface area contributed by atoms with Gasteiger partial charge in [-0.05, 0) is 44.5 Å². The molecule has 1 aliphatic rings. The first kappa shape index (κ1) is 17.9. The van der Waals surface area contributed by atoms with E-state index in [2.05, 4.69) is 10.6 Å². The van der Waals surface area contributed by atoms with Crippen LogP contribution in [0.2, 0.25) is 0 Å². The molecular formula is C21H22N2O3. The second-order valence-corrected chi connectivity index (χ2v) is 7.18. The number of ketones is 1. The van der Waals surface area contributed by atoms with E-state index in [4.69, 9.17) is 0 Å². The van der Waals surface area contributed by atoms with Crippen LogP contribution in [0.25, 0.3) is 0 Å². The molecule has 0 bridgehead atoms. The van der Waals surface area contributed by atoms with Gasteiger partial charge in [-0.25, -0.2) is 0 Å². The predicted octanol–water partition coefficient (Wildman–Crippen LogP) is 3.83. The van der Waals surface area contributed by atoms with Crippen molar-refractivity contribution in [3.8, 4) is 0 Å². The van der Waals surface area contributed by atoms with E-state index in [-0.39, 0.29) is 30.4 Å². The van der Waals surface area contributed by atoms with E-state index in [0.717, 1.165) is 16.8 Å². The lowest BCUT2D eigenvalue weighted by atomic mass is 9.86. The second kappa shape index (κ2) is 6.75. The van der Waals surface area contributed by atoms with Gasteiger partial charge in [0.05, 0.1) is 5.41 Å². The van der Waals surface area contributed by atoms with Gasteiger partial charge in [-0.15, -0.1) is 0 Å². The van der Waals surface area contributed by atoms with Crippen molar-refractivity contribution in [3.05, 3.63) is 59.2 Å². The van der Waals surface area contributed by atoms with E-state index in [0.29, 0.717) is 11.3 Å². The molecule has 0 saturated carbocycles. The fourth-order valence-electron chi connectivity index (χ4n) is 2.98. The molecule has 0 radical (unpaired) electrons. The third-order valence-electron chi connectivity index (χ3n) is 4.75. The summed E-state index contributed by atoms with van der Waals surface area (Å²) in [6, 6.07) is 12.7. The van der Waals surface area contributed by atoms with Crippen molar-refractivity contribution < 1.29 is 14.4 Å². The van der Waals surface area contributed by atoms with Gasteiger partial charge in [0.15, 0.2) is 5.78 Å². The van der Waals surface area contributed by atoms with Gasteiger partial charge in [0, 0.05) is 29.8 Å². The van der Waals surface area contributed by atoms with Crippen LogP contribution in [0.15, 0.2) is 42.5 Å². The summed E-state index contributed by atoms with van der Waals surface area (Å²) in [6.07, 6.45) is 0.274. The first-order valence-corrected chi connectivity index (χ1v) is 8.63. The zero-order chi connectivity index (χ0) is 18.9. The molecule has 2 amide bonds. The topological polar surface area (TPSA) is 75.3 Å². The van der Waals surface area contributed by atoms with E-state index >= 15 is 0 Å². The minimum Gasteiger partial charge on any atom is -0.326 e. The fourth-order valence-corrected chi connectivity index (χ4v) is 2.98. The van der Waals surface area contributed by atoms with Crippen molar-refractivity contribution in [1.29, 1.82) is 0 Å². The molecule has 0 saturated heterocycles. The number of carbonyl (C=O) groups is 3. The highest BCUT2D eigenvalue weighted by Gasteiger charge is 2.38. The highest BCUT2D eigenvalue weighted by molar-refractivity contribution is 6.06. The third kappa shape index (κ3) is 3.52. The van der Waals surface area contributed by atoms with Crippen molar-refractivity contribution >= 4 is 29.0 Å². The molecule has 5 heteroatoms. The van der Waals surface area contributed by atoms with Crippen LogP contribution >= 0.6 is 0 Å². The molecule has 0 fully saturated rings. The second-order valence-electron chi connectivity index (χ2n) is 7.18. The maximum atomic E-state index is 12.2. The van der Waals surface area contributed by atoms with Crippen LogP contribution in [0, 0.1) is 6.92 Å². The molecule has 26 heavy (non-hydrogen) atoms. The number of fused-ring (bicyclic) bond motifs is 1. The van der Waals surface area contributed by atoms with Crippen LogP contribution in [-0.4, -0.2) is 17.6 Å². The Morgan fingerprint density at radius 2 is 1.73 bits per heavy atom. The number of nitrogens with one attached hydrogen (secondary N) is 2. The molecule has 0 unspecified atom stereocenters. The monoisotopic (exact) mass is 350 g/mol. The van der Waals surface area contributed by atoms with Crippen molar-refractivity contribution in [2.45, 2.75) is 39.0 Å². The molecule has 0 atom stereocenters. The SMILES string of the molecule is Cc1ccc(C(=O)CCC(=O)Nc2ccc3c(c2)C(C)(C)C(=O)N3)cc1. The first-order chi connectivity index (χ1) is 12.3. The average Bonchev–Trinajstić information content (AvgIpc) is 2.83. The summed E-state index contributed by atoms with van der Waals surface area (Å²) < 4.78 is 0. The first-order valence-electron chi connectivity index (χ1n) is 8.63. The van der Waals surface area contributed by atoms with Gasteiger partial charge in [-0.2, -0.15) is 0 Å². The standard InChI is InChI=1S/C21H22N2O3/c1-13-4-6-14(7-5-13)18(24)10-11-19(25)22-15-8-9-17-16(12-15)21(2,3)20(26)23-17/h4-9,12H,10-11H2,1-3H3,(H,22,25)(H,23,26). The maximum absolute atomic E-state index is 12.2. The Labute approximate surface area is 152 Å². The largest absolute Gasteiger partial charge is 0.326 e.